The summed E-state index contributed by atoms with van der Waals surface area (Å²) in [5.74, 6) is -0.575. The highest BCUT2D eigenvalue weighted by atomic mass is 16.6. The fourth-order valence-electron chi connectivity index (χ4n) is 3.85. The smallest absolute Gasteiger partial charge is 0.410 e. The molecule has 7 heteroatoms. The summed E-state index contributed by atoms with van der Waals surface area (Å²) in [5.41, 5.74) is 0.286. The molecule has 0 aliphatic carbocycles. The van der Waals surface area contributed by atoms with E-state index in [2.05, 4.69) is 0 Å². The molecule has 0 aromatic heterocycles. The molecule has 2 saturated heterocycles. The van der Waals surface area contributed by atoms with Crippen LogP contribution in [-0.4, -0.2) is 58.5 Å². The van der Waals surface area contributed by atoms with Crippen LogP contribution in [0.25, 0.3) is 0 Å². The third kappa shape index (κ3) is 5.28. The molecule has 1 aromatic carbocycles. The van der Waals surface area contributed by atoms with Gasteiger partial charge in [-0.1, -0.05) is 30.3 Å². The van der Waals surface area contributed by atoms with Gasteiger partial charge >= 0.3 is 12.1 Å². The number of hydrogen-bond acceptors (Lipinski definition) is 5. The lowest BCUT2D eigenvalue weighted by molar-refractivity contribution is -0.155. The summed E-state index contributed by atoms with van der Waals surface area (Å²) in [4.78, 5) is 41.4. The van der Waals surface area contributed by atoms with E-state index in [0.29, 0.717) is 25.9 Å². The van der Waals surface area contributed by atoms with E-state index in [1.165, 1.54) is 4.90 Å². The van der Waals surface area contributed by atoms with E-state index in [1.54, 1.807) is 25.7 Å². The first kappa shape index (κ1) is 21.1. The van der Waals surface area contributed by atoms with E-state index in [-0.39, 0.29) is 18.5 Å². The molecule has 158 valence electrons. The lowest BCUT2D eigenvalue weighted by atomic mass is 10.1. The number of benzene rings is 1. The van der Waals surface area contributed by atoms with Crippen LogP contribution in [0.15, 0.2) is 30.3 Å². The Hall–Kier alpha value is -2.57. The second-order valence-corrected chi connectivity index (χ2v) is 8.61. The quantitative estimate of drug-likeness (QED) is 0.724. The summed E-state index contributed by atoms with van der Waals surface area (Å²) in [6.07, 6.45) is 2.18. The Labute approximate surface area is 171 Å². The minimum absolute atomic E-state index is 0.186. The van der Waals surface area contributed by atoms with Gasteiger partial charge in [0.15, 0.2) is 0 Å². The topological polar surface area (TPSA) is 76.2 Å². The molecule has 2 atom stereocenters. The van der Waals surface area contributed by atoms with Crippen LogP contribution in [0.1, 0.15) is 52.0 Å². The first-order valence-electron chi connectivity index (χ1n) is 10.3. The average molecular weight is 402 g/mol. The van der Waals surface area contributed by atoms with Gasteiger partial charge in [-0.25, -0.2) is 9.59 Å². The summed E-state index contributed by atoms with van der Waals surface area (Å²) in [7, 11) is 0. The van der Waals surface area contributed by atoms with E-state index < -0.39 is 23.8 Å². The Bertz CT molecular complexity index is 743. The van der Waals surface area contributed by atoms with E-state index >= 15 is 0 Å². The first-order valence-corrected chi connectivity index (χ1v) is 10.3. The Kier molecular flexibility index (Phi) is 6.45. The number of rotatable bonds is 4. The largest absolute Gasteiger partial charge is 0.459 e. The van der Waals surface area contributed by atoms with Crippen LogP contribution < -0.4 is 0 Å². The molecule has 0 unspecified atom stereocenters. The zero-order valence-electron chi connectivity index (χ0n) is 17.4. The van der Waals surface area contributed by atoms with Crippen molar-refractivity contribution >= 4 is 18.0 Å². The predicted octanol–water partition coefficient (Wildman–Crippen LogP) is 3.12. The normalized spacial score (nSPS) is 21.9. The number of hydrogen-bond donors (Lipinski definition) is 0. The second kappa shape index (κ2) is 8.84. The van der Waals surface area contributed by atoms with Crippen molar-refractivity contribution in [3.05, 3.63) is 35.9 Å². The molecule has 0 N–H and O–H groups in total. The van der Waals surface area contributed by atoms with Crippen LogP contribution in [0.2, 0.25) is 0 Å². The molecule has 2 amide bonds. The van der Waals surface area contributed by atoms with Crippen LogP contribution in [0.3, 0.4) is 0 Å². The third-order valence-electron chi connectivity index (χ3n) is 5.20. The van der Waals surface area contributed by atoms with Crippen molar-refractivity contribution in [3.8, 4) is 0 Å². The van der Waals surface area contributed by atoms with Gasteiger partial charge in [-0.15, -0.1) is 0 Å². The Balaban J connectivity index is 1.62. The zero-order valence-corrected chi connectivity index (χ0v) is 17.4. The number of esters is 1. The van der Waals surface area contributed by atoms with Gasteiger partial charge in [0.25, 0.3) is 0 Å². The number of ether oxygens (including phenoxy) is 2. The lowest BCUT2D eigenvalue weighted by Gasteiger charge is -2.31. The first-order chi connectivity index (χ1) is 13.8. The molecule has 0 saturated carbocycles. The maximum atomic E-state index is 13.2. The van der Waals surface area contributed by atoms with E-state index in [4.69, 9.17) is 9.47 Å². The molecule has 0 radical (unpaired) electrons. The highest BCUT2D eigenvalue weighted by Crippen LogP contribution is 2.27. The van der Waals surface area contributed by atoms with Gasteiger partial charge in [0.05, 0.1) is 0 Å². The van der Waals surface area contributed by atoms with Crippen molar-refractivity contribution in [3.63, 3.8) is 0 Å². The highest BCUT2D eigenvalue weighted by molar-refractivity contribution is 5.90. The van der Waals surface area contributed by atoms with Crippen molar-refractivity contribution < 1.29 is 23.9 Å². The van der Waals surface area contributed by atoms with Crippen molar-refractivity contribution in [2.24, 2.45) is 0 Å². The van der Waals surface area contributed by atoms with Gasteiger partial charge in [-0.05, 0) is 52.0 Å². The van der Waals surface area contributed by atoms with Gasteiger partial charge in [0.2, 0.25) is 5.91 Å². The van der Waals surface area contributed by atoms with Crippen LogP contribution in [0, 0.1) is 0 Å². The standard InChI is InChI=1S/C22H30N2O5/c1-22(2,3)29-21(27)24-14-7-11-17(24)19(25)23-13-8-12-18(23)20(26)28-15-16-9-5-4-6-10-16/h4-6,9-10,17-18H,7-8,11-15H2,1-3H3/t17-,18+/m0/s1. The number of carbonyl (C=O) groups excluding carboxylic acids is 3. The van der Waals surface area contributed by atoms with E-state index in [9.17, 15) is 14.4 Å². The average Bonchev–Trinajstić information content (AvgIpc) is 3.34. The number of nitrogens with zero attached hydrogens (tertiary/aromatic N) is 2. The zero-order chi connectivity index (χ0) is 21.0. The number of amides is 2. The fourth-order valence-corrected chi connectivity index (χ4v) is 3.85. The molecule has 0 spiro atoms. The Morgan fingerprint density at radius 1 is 0.966 bits per heavy atom. The summed E-state index contributed by atoms with van der Waals surface area (Å²) in [6, 6.07) is 8.30. The highest BCUT2D eigenvalue weighted by Gasteiger charge is 2.43. The predicted molar refractivity (Wildman–Crippen MR) is 107 cm³/mol. The maximum Gasteiger partial charge on any atom is 0.410 e. The summed E-state index contributed by atoms with van der Waals surface area (Å²) in [5, 5.41) is 0. The molecule has 29 heavy (non-hydrogen) atoms. The molecule has 3 rings (SSSR count). The molecule has 2 aliphatic heterocycles. The van der Waals surface area contributed by atoms with Crippen molar-refractivity contribution in [1.82, 2.24) is 9.80 Å². The summed E-state index contributed by atoms with van der Waals surface area (Å²) < 4.78 is 10.9. The summed E-state index contributed by atoms with van der Waals surface area (Å²) >= 11 is 0. The van der Waals surface area contributed by atoms with Gasteiger partial charge in [-0.3, -0.25) is 9.69 Å². The SMILES string of the molecule is CC(C)(C)OC(=O)N1CCC[C@H]1C(=O)N1CCC[C@@H]1C(=O)OCc1ccccc1. The molecule has 1 aromatic rings. The molecule has 0 bridgehead atoms. The van der Waals surface area contributed by atoms with Gasteiger partial charge < -0.3 is 14.4 Å². The Morgan fingerprint density at radius 2 is 1.59 bits per heavy atom. The Morgan fingerprint density at radius 3 is 2.24 bits per heavy atom. The van der Waals surface area contributed by atoms with Crippen molar-refractivity contribution in [2.45, 2.75) is 70.7 Å². The van der Waals surface area contributed by atoms with Crippen LogP contribution >= 0.6 is 0 Å². The van der Waals surface area contributed by atoms with E-state index in [0.717, 1.165) is 18.4 Å². The van der Waals surface area contributed by atoms with Gasteiger partial charge in [-0.2, -0.15) is 0 Å². The van der Waals surface area contributed by atoms with Gasteiger partial charge in [0.1, 0.15) is 24.3 Å². The van der Waals surface area contributed by atoms with Crippen molar-refractivity contribution in [2.75, 3.05) is 13.1 Å². The van der Waals surface area contributed by atoms with E-state index in [1.807, 2.05) is 30.3 Å². The molecular weight excluding hydrogens is 372 g/mol. The minimum Gasteiger partial charge on any atom is -0.459 e. The molecular formula is C22H30N2O5. The van der Waals surface area contributed by atoms with Crippen molar-refractivity contribution in [1.29, 1.82) is 0 Å². The minimum atomic E-state index is -0.620. The fraction of sp³-hybridized carbons (Fsp3) is 0.591. The molecule has 2 heterocycles. The maximum absolute atomic E-state index is 13.2. The number of carbonyl (C=O) groups is 3. The van der Waals surface area contributed by atoms with Crippen LogP contribution in [0.5, 0.6) is 0 Å². The summed E-state index contributed by atoms with van der Waals surface area (Å²) in [6.45, 7) is 6.58. The molecule has 7 nitrogen and oxygen atoms in total. The van der Waals surface area contributed by atoms with Crippen LogP contribution in [-0.2, 0) is 25.7 Å². The lowest BCUT2D eigenvalue weighted by Crippen LogP contribution is -2.52. The monoisotopic (exact) mass is 402 g/mol. The second-order valence-electron chi connectivity index (χ2n) is 8.61. The molecule has 2 aliphatic rings. The third-order valence-corrected chi connectivity index (χ3v) is 5.20. The van der Waals surface area contributed by atoms with Crippen LogP contribution in [0.4, 0.5) is 4.79 Å². The molecule has 2 fully saturated rings. The van der Waals surface area contributed by atoms with Gasteiger partial charge in [0, 0.05) is 13.1 Å². The number of likely N-dealkylation sites (tertiary alicyclic amines) is 2.